The zero-order chi connectivity index (χ0) is 25.1. The van der Waals surface area contributed by atoms with Gasteiger partial charge in [-0.15, -0.1) is 0 Å². The Morgan fingerprint density at radius 1 is 1.31 bits per heavy atom. The number of hydrogen-bond acceptors (Lipinski definition) is 7. The van der Waals surface area contributed by atoms with Crippen molar-refractivity contribution in [3.8, 4) is 5.69 Å². The van der Waals surface area contributed by atoms with Gasteiger partial charge in [-0.2, -0.15) is 10.1 Å². The van der Waals surface area contributed by atoms with Crippen LogP contribution in [0.4, 0.5) is 10.3 Å². The Hall–Kier alpha value is -3.18. The standard InChI is InChI=1S/C25H25BrFN7O2/c1-24(22(35)30-13-25(36)6-7-25)5-4-15(11-24)31-23-29-12-17-20(26)33-34(21(17)32-23)16-9-14-3-2-8-28-19(14)18(27)10-16/h2-3,8-10,12,15,36H,4-7,11,13H2,1H3,(H,30,35)(H,29,31,32)/t15-,24-/m1/s1. The molecule has 11 heteroatoms. The molecule has 1 amide bonds. The van der Waals surface area contributed by atoms with Gasteiger partial charge < -0.3 is 15.7 Å². The highest BCUT2D eigenvalue weighted by atomic mass is 79.9. The summed E-state index contributed by atoms with van der Waals surface area (Å²) in [5.74, 6) is -0.0491. The van der Waals surface area contributed by atoms with Crippen LogP contribution in [0.3, 0.4) is 0 Å². The number of nitrogens with one attached hydrogen (secondary N) is 2. The third-order valence-electron chi connectivity index (χ3n) is 7.30. The van der Waals surface area contributed by atoms with Gasteiger partial charge in [-0.3, -0.25) is 9.78 Å². The second-order valence-electron chi connectivity index (χ2n) is 10.2. The van der Waals surface area contributed by atoms with Crippen molar-refractivity contribution in [1.29, 1.82) is 0 Å². The van der Waals surface area contributed by atoms with Crippen LogP contribution in [0.5, 0.6) is 0 Å². The van der Waals surface area contributed by atoms with Crippen molar-refractivity contribution < 1.29 is 14.3 Å². The molecule has 2 atom stereocenters. The summed E-state index contributed by atoms with van der Waals surface area (Å²) in [6, 6.07) is 6.79. The topological polar surface area (TPSA) is 118 Å². The SMILES string of the molecule is C[C@@]1(C(=O)NCC2(O)CC2)CC[C@@H](Nc2ncc3c(Br)nn(-c4cc(F)c5ncccc5c4)c3n2)C1. The third-order valence-corrected chi connectivity index (χ3v) is 7.88. The molecule has 2 fully saturated rings. The summed E-state index contributed by atoms with van der Waals surface area (Å²) < 4.78 is 16.9. The number of carbonyl (C=O) groups is 1. The molecule has 2 aliphatic rings. The van der Waals surface area contributed by atoms with Gasteiger partial charge in [0.25, 0.3) is 0 Å². The van der Waals surface area contributed by atoms with Crippen molar-refractivity contribution in [3.05, 3.63) is 47.1 Å². The molecular weight excluding hydrogens is 529 g/mol. The molecule has 1 aromatic carbocycles. The number of pyridine rings is 1. The van der Waals surface area contributed by atoms with Crippen molar-refractivity contribution in [2.45, 2.75) is 50.7 Å². The first-order valence-corrected chi connectivity index (χ1v) is 12.8. The van der Waals surface area contributed by atoms with Crippen LogP contribution in [0.1, 0.15) is 39.0 Å². The molecule has 0 unspecified atom stereocenters. The first kappa shape index (κ1) is 23.2. The molecule has 36 heavy (non-hydrogen) atoms. The average Bonchev–Trinajstić information content (AvgIpc) is 3.34. The molecule has 0 aliphatic heterocycles. The summed E-state index contributed by atoms with van der Waals surface area (Å²) in [6.45, 7) is 2.27. The Morgan fingerprint density at radius 2 is 2.14 bits per heavy atom. The van der Waals surface area contributed by atoms with E-state index in [2.05, 4.69) is 41.6 Å². The molecule has 0 spiro atoms. The number of amides is 1. The van der Waals surface area contributed by atoms with Crippen LogP contribution in [-0.4, -0.2) is 53.9 Å². The van der Waals surface area contributed by atoms with E-state index in [0.717, 1.165) is 25.7 Å². The molecule has 3 aromatic heterocycles. The number of halogens is 2. The molecule has 2 saturated carbocycles. The molecule has 186 valence electrons. The van der Waals surface area contributed by atoms with Crippen LogP contribution in [-0.2, 0) is 4.79 Å². The van der Waals surface area contributed by atoms with E-state index < -0.39 is 16.8 Å². The Morgan fingerprint density at radius 3 is 2.94 bits per heavy atom. The Labute approximate surface area is 214 Å². The number of aromatic nitrogens is 5. The lowest BCUT2D eigenvalue weighted by molar-refractivity contribution is -0.130. The first-order chi connectivity index (χ1) is 17.2. The molecule has 3 N–H and O–H groups in total. The van der Waals surface area contributed by atoms with Gasteiger partial charge in [0.15, 0.2) is 11.5 Å². The lowest BCUT2D eigenvalue weighted by Crippen LogP contribution is -2.42. The maximum Gasteiger partial charge on any atom is 0.226 e. The van der Waals surface area contributed by atoms with E-state index in [0.29, 0.717) is 51.1 Å². The highest BCUT2D eigenvalue weighted by molar-refractivity contribution is 9.10. The highest BCUT2D eigenvalue weighted by Crippen LogP contribution is 2.40. The van der Waals surface area contributed by atoms with E-state index in [1.165, 1.54) is 6.07 Å². The van der Waals surface area contributed by atoms with Gasteiger partial charge in [0.2, 0.25) is 11.9 Å². The van der Waals surface area contributed by atoms with Crippen LogP contribution in [0.2, 0.25) is 0 Å². The number of benzene rings is 1. The fourth-order valence-corrected chi connectivity index (χ4v) is 5.34. The summed E-state index contributed by atoms with van der Waals surface area (Å²) in [5.41, 5.74) is 0.115. The minimum Gasteiger partial charge on any atom is -0.388 e. The molecule has 0 radical (unpaired) electrons. The van der Waals surface area contributed by atoms with Gasteiger partial charge in [-0.25, -0.2) is 14.1 Å². The second-order valence-corrected chi connectivity index (χ2v) is 10.9. The lowest BCUT2D eigenvalue weighted by Gasteiger charge is -2.24. The van der Waals surface area contributed by atoms with Crippen LogP contribution in [0.15, 0.2) is 41.3 Å². The molecule has 9 nitrogen and oxygen atoms in total. The van der Waals surface area contributed by atoms with Gasteiger partial charge in [-0.05, 0) is 60.2 Å². The Bertz CT molecular complexity index is 1500. The molecule has 3 heterocycles. The van der Waals surface area contributed by atoms with E-state index >= 15 is 0 Å². The fourth-order valence-electron chi connectivity index (χ4n) is 4.91. The van der Waals surface area contributed by atoms with E-state index in [-0.39, 0.29) is 11.9 Å². The average molecular weight is 554 g/mol. The van der Waals surface area contributed by atoms with Gasteiger partial charge >= 0.3 is 0 Å². The predicted molar refractivity (Wildman–Crippen MR) is 136 cm³/mol. The van der Waals surface area contributed by atoms with Gasteiger partial charge in [0, 0.05) is 41.8 Å². The number of nitrogens with zero attached hydrogens (tertiary/aromatic N) is 5. The third kappa shape index (κ3) is 4.20. The van der Waals surface area contributed by atoms with E-state index in [1.807, 2.05) is 13.0 Å². The zero-order valence-corrected chi connectivity index (χ0v) is 21.2. The number of carbonyl (C=O) groups excluding carboxylic acids is 1. The summed E-state index contributed by atoms with van der Waals surface area (Å²) in [6.07, 6.45) is 6.86. The Kier molecular flexibility index (Phi) is 5.45. The number of rotatable bonds is 6. The zero-order valence-electron chi connectivity index (χ0n) is 19.6. The van der Waals surface area contributed by atoms with Gasteiger partial charge in [0.05, 0.1) is 16.7 Å². The number of hydrogen-bond donors (Lipinski definition) is 3. The summed E-state index contributed by atoms with van der Waals surface area (Å²) in [5, 5.41) is 22.2. The van der Waals surface area contributed by atoms with Crippen molar-refractivity contribution in [2.24, 2.45) is 5.41 Å². The smallest absolute Gasteiger partial charge is 0.226 e. The maximum atomic E-state index is 14.7. The minimum atomic E-state index is -0.715. The fraction of sp³-hybridized carbons (Fsp3) is 0.400. The van der Waals surface area contributed by atoms with E-state index in [1.54, 1.807) is 29.2 Å². The van der Waals surface area contributed by atoms with Crippen molar-refractivity contribution in [2.75, 3.05) is 11.9 Å². The maximum absolute atomic E-state index is 14.7. The van der Waals surface area contributed by atoms with Crippen LogP contribution < -0.4 is 10.6 Å². The number of fused-ring (bicyclic) bond motifs is 2. The summed E-state index contributed by atoms with van der Waals surface area (Å²) >= 11 is 3.46. The van der Waals surface area contributed by atoms with Gasteiger partial charge in [0.1, 0.15) is 10.1 Å². The predicted octanol–water partition coefficient (Wildman–Crippen LogP) is 3.88. The summed E-state index contributed by atoms with van der Waals surface area (Å²) in [4.78, 5) is 26.1. The molecular formula is C25H25BrFN7O2. The normalized spacial score (nSPS) is 22.7. The second kappa shape index (κ2) is 8.45. The van der Waals surface area contributed by atoms with Crippen molar-refractivity contribution in [3.63, 3.8) is 0 Å². The van der Waals surface area contributed by atoms with Crippen LogP contribution in [0, 0.1) is 11.2 Å². The molecule has 4 aromatic rings. The number of aliphatic hydroxyl groups is 1. The quantitative estimate of drug-likeness (QED) is 0.331. The van der Waals surface area contributed by atoms with E-state index in [4.69, 9.17) is 4.98 Å². The van der Waals surface area contributed by atoms with Gasteiger partial charge in [-0.1, -0.05) is 13.0 Å². The largest absolute Gasteiger partial charge is 0.388 e. The Balaban J connectivity index is 1.24. The van der Waals surface area contributed by atoms with Crippen molar-refractivity contribution in [1.82, 2.24) is 30.0 Å². The molecule has 2 aliphatic carbocycles. The van der Waals surface area contributed by atoms with Crippen molar-refractivity contribution >= 4 is 49.7 Å². The van der Waals surface area contributed by atoms with E-state index in [9.17, 15) is 14.3 Å². The molecule has 0 saturated heterocycles. The minimum absolute atomic E-state index is 0.0196. The first-order valence-electron chi connectivity index (χ1n) is 12.0. The van der Waals surface area contributed by atoms with Crippen LogP contribution >= 0.6 is 15.9 Å². The monoisotopic (exact) mass is 553 g/mol. The van der Waals surface area contributed by atoms with Crippen LogP contribution in [0.25, 0.3) is 27.6 Å². The summed E-state index contributed by atoms with van der Waals surface area (Å²) in [7, 11) is 0. The highest BCUT2D eigenvalue weighted by Gasteiger charge is 2.44. The lowest BCUT2D eigenvalue weighted by atomic mass is 9.87. The molecule has 0 bridgehead atoms. The molecule has 6 rings (SSSR count). The number of anilines is 1.